The van der Waals surface area contributed by atoms with E-state index >= 15 is 0 Å². The molecule has 0 saturated carbocycles. The molecule has 0 saturated heterocycles. The molecule has 0 atom stereocenters. The van der Waals surface area contributed by atoms with Crippen molar-refractivity contribution in [3.63, 3.8) is 0 Å². The highest BCUT2D eigenvalue weighted by molar-refractivity contribution is 7.86. The summed E-state index contributed by atoms with van der Waals surface area (Å²) in [5.41, 5.74) is -3.79. The first kappa shape index (κ1) is 29.4. The van der Waals surface area contributed by atoms with E-state index in [0.29, 0.717) is 12.1 Å². The molecule has 9 nitrogen and oxygen atoms in total. The fourth-order valence-corrected chi connectivity index (χ4v) is 5.54. The van der Waals surface area contributed by atoms with Crippen LogP contribution >= 0.6 is 7.60 Å². The van der Waals surface area contributed by atoms with E-state index in [4.69, 9.17) is 9.05 Å². The molecule has 0 bridgehead atoms. The van der Waals surface area contributed by atoms with Gasteiger partial charge in [-0.05, 0) is 42.5 Å². The standard InChI is InChI=1S/C20H13F6O9PS2/c21-19(22,23)12-7-13(20(24,25)26)9-16(8-12)36(27,34-14-3-1-5-17(10-14)37(28,29)30)35-15-4-2-6-18(11-15)38(31,32)33/h1-11H,(H,28,29,30)(H,31,32,33). The van der Waals surface area contributed by atoms with Gasteiger partial charge in [0.25, 0.3) is 20.2 Å². The minimum absolute atomic E-state index is 0.0370. The fraction of sp³-hybridized carbons (Fsp3) is 0.100. The summed E-state index contributed by atoms with van der Waals surface area (Å²) in [4.78, 5) is -1.68. The minimum atomic E-state index is -5.41. The molecule has 0 unspecified atom stereocenters. The second-order valence-corrected chi connectivity index (χ2v) is 12.1. The molecule has 2 N–H and O–H groups in total. The van der Waals surface area contributed by atoms with E-state index in [2.05, 4.69) is 0 Å². The summed E-state index contributed by atoms with van der Waals surface area (Å²) in [6, 6.07) is 6.29. The van der Waals surface area contributed by atoms with Crippen LogP contribution in [0.2, 0.25) is 0 Å². The summed E-state index contributed by atoms with van der Waals surface area (Å²) in [6.07, 6.45) is -10.7. The molecule has 0 amide bonds. The zero-order valence-electron chi connectivity index (χ0n) is 18.1. The molecule has 38 heavy (non-hydrogen) atoms. The minimum Gasteiger partial charge on any atom is -0.413 e. The third-order valence-electron chi connectivity index (χ3n) is 4.55. The highest BCUT2D eigenvalue weighted by atomic mass is 32.2. The molecule has 0 spiro atoms. The molecule has 3 rings (SSSR count). The van der Waals surface area contributed by atoms with Crippen molar-refractivity contribution < 1.29 is 65.9 Å². The second kappa shape index (κ2) is 9.89. The van der Waals surface area contributed by atoms with E-state index in [9.17, 15) is 56.8 Å². The van der Waals surface area contributed by atoms with Gasteiger partial charge in [0.15, 0.2) is 0 Å². The molecule has 3 aromatic rings. The van der Waals surface area contributed by atoms with Crippen molar-refractivity contribution in [2.75, 3.05) is 0 Å². The van der Waals surface area contributed by atoms with Gasteiger partial charge in [0, 0.05) is 12.1 Å². The summed E-state index contributed by atoms with van der Waals surface area (Å²) in [5, 5.41) is -1.30. The van der Waals surface area contributed by atoms with Crippen LogP contribution in [-0.2, 0) is 37.2 Å². The lowest BCUT2D eigenvalue weighted by atomic mass is 10.1. The zero-order valence-corrected chi connectivity index (χ0v) is 20.7. The van der Waals surface area contributed by atoms with Crippen molar-refractivity contribution in [2.45, 2.75) is 22.1 Å². The van der Waals surface area contributed by atoms with Crippen molar-refractivity contribution >= 4 is 33.1 Å². The summed E-state index contributed by atoms with van der Waals surface area (Å²) in [5.74, 6) is -1.47. The van der Waals surface area contributed by atoms with Gasteiger partial charge >= 0.3 is 19.9 Å². The molecule has 0 heterocycles. The summed E-state index contributed by atoms with van der Waals surface area (Å²) < 4.78 is 169. The van der Waals surface area contributed by atoms with Gasteiger partial charge < -0.3 is 9.05 Å². The van der Waals surface area contributed by atoms with Gasteiger partial charge in [-0.25, -0.2) is 4.57 Å². The Morgan fingerprint density at radius 3 is 1.32 bits per heavy atom. The number of hydrogen-bond donors (Lipinski definition) is 2. The molecule has 0 aliphatic rings. The van der Waals surface area contributed by atoms with E-state index in [1.54, 1.807) is 0 Å². The smallest absolute Gasteiger partial charge is 0.413 e. The zero-order chi connectivity index (χ0) is 28.7. The maximum atomic E-state index is 13.8. The van der Waals surface area contributed by atoms with Crippen LogP contribution < -0.4 is 14.4 Å². The largest absolute Gasteiger partial charge is 0.462 e. The quantitative estimate of drug-likeness (QED) is 0.211. The molecule has 206 valence electrons. The molecular formula is C20H13F6O9PS2. The predicted octanol–water partition coefficient (Wildman–Crippen LogP) is 5.19. The Labute approximate surface area is 210 Å². The fourth-order valence-electron chi connectivity index (χ4n) is 2.88. The first-order chi connectivity index (χ1) is 17.2. The first-order valence-corrected chi connectivity index (χ1v) is 14.1. The van der Waals surface area contributed by atoms with Gasteiger partial charge in [-0.1, -0.05) is 12.1 Å². The van der Waals surface area contributed by atoms with Crippen molar-refractivity contribution in [1.29, 1.82) is 0 Å². The molecule has 0 aliphatic heterocycles. The lowest BCUT2D eigenvalue weighted by Crippen LogP contribution is -2.21. The van der Waals surface area contributed by atoms with Crippen LogP contribution in [0, 0.1) is 0 Å². The molecule has 0 radical (unpaired) electrons. The number of hydrogen-bond acceptors (Lipinski definition) is 7. The lowest BCUT2D eigenvalue weighted by molar-refractivity contribution is -0.142. The van der Waals surface area contributed by atoms with E-state index in [1.807, 2.05) is 0 Å². The Morgan fingerprint density at radius 1 is 0.632 bits per heavy atom. The Morgan fingerprint density at radius 2 is 1.00 bits per heavy atom. The predicted molar refractivity (Wildman–Crippen MR) is 117 cm³/mol. The van der Waals surface area contributed by atoms with Crippen LogP contribution in [0.3, 0.4) is 0 Å². The van der Waals surface area contributed by atoms with Crippen molar-refractivity contribution in [1.82, 2.24) is 0 Å². The van der Waals surface area contributed by atoms with Crippen LogP contribution in [0.25, 0.3) is 0 Å². The van der Waals surface area contributed by atoms with Gasteiger partial charge in [-0.2, -0.15) is 43.2 Å². The average Bonchev–Trinajstić information content (AvgIpc) is 2.77. The Hall–Kier alpha value is -3.11. The topological polar surface area (TPSA) is 144 Å². The van der Waals surface area contributed by atoms with Crippen LogP contribution in [0.15, 0.2) is 76.5 Å². The van der Waals surface area contributed by atoms with E-state index in [-0.39, 0.29) is 18.2 Å². The van der Waals surface area contributed by atoms with E-state index < -0.39 is 77.9 Å². The molecular weight excluding hydrogens is 593 g/mol. The highest BCUT2D eigenvalue weighted by Gasteiger charge is 2.41. The molecule has 0 aromatic heterocycles. The number of benzene rings is 3. The molecule has 0 aliphatic carbocycles. The maximum absolute atomic E-state index is 13.8. The third kappa shape index (κ3) is 7.05. The summed E-state index contributed by atoms with van der Waals surface area (Å²) >= 11 is 0. The van der Waals surface area contributed by atoms with Gasteiger partial charge in [-0.3, -0.25) is 9.11 Å². The number of halogens is 6. The SMILES string of the molecule is O=P(Oc1cccc(S(=O)(=O)O)c1)(Oc1cccc(S(=O)(=O)O)c1)c1cc(C(F)(F)F)cc(C(F)(F)F)c1. The van der Waals surface area contributed by atoms with Gasteiger partial charge in [0.05, 0.1) is 26.2 Å². The Balaban J connectivity index is 2.27. The average molecular weight is 606 g/mol. The van der Waals surface area contributed by atoms with Gasteiger partial charge in [0.2, 0.25) is 0 Å². The molecule has 0 fully saturated rings. The maximum Gasteiger partial charge on any atom is 0.462 e. The van der Waals surface area contributed by atoms with Crippen molar-refractivity contribution in [3.8, 4) is 11.5 Å². The molecule has 3 aromatic carbocycles. The molecule has 18 heteroatoms. The van der Waals surface area contributed by atoms with Crippen LogP contribution in [-0.4, -0.2) is 25.9 Å². The first-order valence-electron chi connectivity index (χ1n) is 9.63. The van der Waals surface area contributed by atoms with E-state index in [1.165, 1.54) is 0 Å². The highest BCUT2D eigenvalue weighted by Crippen LogP contribution is 2.50. The van der Waals surface area contributed by atoms with Crippen molar-refractivity contribution in [3.05, 3.63) is 77.9 Å². The Bertz CT molecular complexity index is 1520. The normalized spacial score (nSPS) is 13.3. The third-order valence-corrected chi connectivity index (χ3v) is 8.04. The van der Waals surface area contributed by atoms with Gasteiger partial charge in [0.1, 0.15) is 11.5 Å². The van der Waals surface area contributed by atoms with Crippen LogP contribution in [0.1, 0.15) is 11.1 Å². The monoisotopic (exact) mass is 606 g/mol. The number of rotatable bonds is 7. The van der Waals surface area contributed by atoms with Crippen LogP contribution in [0.5, 0.6) is 11.5 Å². The Kier molecular flexibility index (Phi) is 7.66. The summed E-state index contributed by atoms with van der Waals surface area (Å²) in [6.45, 7) is 0. The van der Waals surface area contributed by atoms with E-state index in [0.717, 1.165) is 36.4 Å². The van der Waals surface area contributed by atoms with Gasteiger partial charge in [-0.15, -0.1) is 0 Å². The number of alkyl halides is 6. The summed E-state index contributed by atoms with van der Waals surface area (Å²) in [7, 11) is -15.2. The van der Waals surface area contributed by atoms with Crippen molar-refractivity contribution in [2.24, 2.45) is 0 Å². The van der Waals surface area contributed by atoms with Crippen LogP contribution in [0.4, 0.5) is 26.3 Å². The second-order valence-electron chi connectivity index (χ2n) is 7.34. The lowest BCUT2D eigenvalue weighted by Gasteiger charge is -2.22.